The van der Waals surface area contributed by atoms with Crippen molar-refractivity contribution in [3.8, 4) is 0 Å². The Kier molecular flexibility index (Phi) is 2.94. The Morgan fingerprint density at radius 3 is 2.81 bits per heavy atom. The van der Waals surface area contributed by atoms with E-state index in [2.05, 4.69) is 0 Å². The third kappa shape index (κ3) is 1.94. The Bertz CT molecular complexity index is 447. The van der Waals surface area contributed by atoms with Gasteiger partial charge in [0.05, 0.1) is 11.7 Å². The van der Waals surface area contributed by atoms with E-state index in [0.29, 0.717) is 23.6 Å². The number of nitrogens with zero attached hydrogens (tertiary/aromatic N) is 1. The molecule has 84 valence electrons. The van der Waals surface area contributed by atoms with Gasteiger partial charge in [0, 0.05) is 11.4 Å². The van der Waals surface area contributed by atoms with Gasteiger partial charge < -0.3 is 5.73 Å². The van der Waals surface area contributed by atoms with Crippen molar-refractivity contribution in [1.82, 2.24) is 0 Å². The molecule has 1 aromatic rings. The van der Waals surface area contributed by atoms with Crippen molar-refractivity contribution in [3.05, 3.63) is 29.3 Å². The summed E-state index contributed by atoms with van der Waals surface area (Å²) in [6, 6.07) is 6.02. The molecule has 1 aliphatic rings. The Balaban J connectivity index is 2.37. The average molecular weight is 239 g/mol. The third-order valence-electron chi connectivity index (χ3n) is 2.52. The van der Waals surface area contributed by atoms with E-state index in [0.717, 1.165) is 4.90 Å². The lowest BCUT2D eigenvalue weighted by Gasteiger charge is -2.28. The summed E-state index contributed by atoms with van der Waals surface area (Å²) in [6.07, 6.45) is 0.703. The molecule has 16 heavy (non-hydrogen) atoms. The summed E-state index contributed by atoms with van der Waals surface area (Å²) in [5.74, 6) is -0.590. The zero-order chi connectivity index (χ0) is 11.7. The van der Waals surface area contributed by atoms with Crippen LogP contribution in [0, 0.1) is 0 Å². The van der Waals surface area contributed by atoms with Crippen LogP contribution in [-0.4, -0.2) is 17.9 Å². The summed E-state index contributed by atoms with van der Waals surface area (Å²) in [6.45, 7) is 0. The molecule has 1 heterocycles. The highest BCUT2D eigenvalue weighted by Crippen LogP contribution is 2.24. The zero-order valence-corrected chi connectivity index (χ0v) is 9.28. The summed E-state index contributed by atoms with van der Waals surface area (Å²) in [5.41, 5.74) is 6.11. The molecule has 4 nitrogen and oxygen atoms in total. The number of carbonyl (C=O) groups excluding carboxylic acids is 2. The molecule has 1 saturated heterocycles. The Hall–Kier alpha value is -1.39. The molecule has 0 aliphatic carbocycles. The first kappa shape index (κ1) is 11.1. The predicted molar refractivity (Wildman–Crippen MR) is 61.2 cm³/mol. The van der Waals surface area contributed by atoms with E-state index in [1.807, 2.05) is 0 Å². The van der Waals surface area contributed by atoms with Crippen molar-refractivity contribution < 1.29 is 9.59 Å². The molecule has 0 radical (unpaired) electrons. The molecule has 1 aliphatic heterocycles. The monoisotopic (exact) mass is 238 g/mol. The maximum atomic E-state index is 11.8. The van der Waals surface area contributed by atoms with Gasteiger partial charge in [0.2, 0.25) is 5.91 Å². The van der Waals surface area contributed by atoms with Gasteiger partial charge in [-0.15, -0.1) is 0 Å². The van der Waals surface area contributed by atoms with E-state index in [1.54, 1.807) is 24.3 Å². The number of halogens is 1. The molecule has 0 saturated carbocycles. The van der Waals surface area contributed by atoms with E-state index >= 15 is 0 Å². The second kappa shape index (κ2) is 4.23. The highest BCUT2D eigenvalue weighted by Gasteiger charge is 2.33. The van der Waals surface area contributed by atoms with Gasteiger partial charge in [-0.3, -0.25) is 9.59 Å². The van der Waals surface area contributed by atoms with Crippen molar-refractivity contribution in [2.45, 2.75) is 18.9 Å². The minimum Gasteiger partial charge on any atom is -0.320 e. The molecule has 2 N–H and O–H groups in total. The standard InChI is InChI=1S/C11H11ClN2O2/c12-7-2-1-3-8(6-7)14-10(15)5-4-9(13)11(14)16/h1-3,6,9H,4-5,13H2/t9-/m0/s1. The molecule has 1 fully saturated rings. The van der Waals surface area contributed by atoms with Crippen LogP contribution < -0.4 is 10.6 Å². The van der Waals surface area contributed by atoms with E-state index in [-0.39, 0.29) is 11.8 Å². The second-order valence-corrected chi connectivity index (χ2v) is 4.13. The first-order valence-corrected chi connectivity index (χ1v) is 5.35. The van der Waals surface area contributed by atoms with Crippen LogP contribution in [0.5, 0.6) is 0 Å². The van der Waals surface area contributed by atoms with Gasteiger partial charge in [-0.25, -0.2) is 4.90 Å². The largest absolute Gasteiger partial charge is 0.320 e. The number of anilines is 1. The lowest BCUT2D eigenvalue weighted by atomic mass is 10.0. The fourth-order valence-corrected chi connectivity index (χ4v) is 1.87. The van der Waals surface area contributed by atoms with Gasteiger partial charge >= 0.3 is 0 Å². The van der Waals surface area contributed by atoms with Crippen LogP contribution in [0.25, 0.3) is 0 Å². The van der Waals surface area contributed by atoms with Crippen LogP contribution in [0.2, 0.25) is 5.02 Å². The van der Waals surface area contributed by atoms with Crippen molar-refractivity contribution in [1.29, 1.82) is 0 Å². The number of amides is 2. The highest BCUT2D eigenvalue weighted by molar-refractivity contribution is 6.31. The molecule has 1 atom stereocenters. The molecular formula is C11H11ClN2O2. The van der Waals surface area contributed by atoms with Gasteiger partial charge in [0.25, 0.3) is 5.91 Å². The van der Waals surface area contributed by atoms with Crippen LogP contribution in [0.4, 0.5) is 5.69 Å². The van der Waals surface area contributed by atoms with E-state index < -0.39 is 6.04 Å². The summed E-state index contributed by atoms with van der Waals surface area (Å²) in [7, 11) is 0. The first-order valence-electron chi connectivity index (χ1n) is 4.97. The van der Waals surface area contributed by atoms with Gasteiger partial charge in [0.15, 0.2) is 0 Å². The lowest BCUT2D eigenvalue weighted by molar-refractivity contribution is -0.130. The minimum absolute atomic E-state index is 0.228. The van der Waals surface area contributed by atoms with E-state index in [9.17, 15) is 9.59 Å². The van der Waals surface area contributed by atoms with Crippen molar-refractivity contribution in [2.75, 3.05) is 4.90 Å². The van der Waals surface area contributed by atoms with Crippen LogP contribution >= 0.6 is 11.6 Å². The second-order valence-electron chi connectivity index (χ2n) is 3.69. The summed E-state index contributed by atoms with van der Waals surface area (Å²) >= 11 is 5.82. The molecule has 0 bridgehead atoms. The number of imide groups is 1. The van der Waals surface area contributed by atoms with Crippen LogP contribution in [-0.2, 0) is 9.59 Å². The summed E-state index contributed by atoms with van der Waals surface area (Å²) in [4.78, 5) is 24.6. The van der Waals surface area contributed by atoms with Crippen molar-refractivity contribution in [2.24, 2.45) is 5.73 Å². The smallest absolute Gasteiger partial charge is 0.250 e. The van der Waals surface area contributed by atoms with Gasteiger partial charge in [-0.05, 0) is 24.6 Å². The van der Waals surface area contributed by atoms with Crippen LogP contribution in [0.15, 0.2) is 24.3 Å². The fraction of sp³-hybridized carbons (Fsp3) is 0.273. The van der Waals surface area contributed by atoms with Gasteiger partial charge in [-0.1, -0.05) is 17.7 Å². The Morgan fingerprint density at radius 2 is 2.12 bits per heavy atom. The van der Waals surface area contributed by atoms with E-state index in [1.165, 1.54) is 0 Å². The molecule has 0 unspecified atom stereocenters. The maximum Gasteiger partial charge on any atom is 0.250 e. The molecule has 1 aromatic carbocycles. The van der Waals surface area contributed by atoms with Gasteiger partial charge in [0.1, 0.15) is 0 Å². The van der Waals surface area contributed by atoms with Crippen LogP contribution in [0.1, 0.15) is 12.8 Å². The maximum absolute atomic E-state index is 11.8. The predicted octanol–water partition coefficient (Wildman–Crippen LogP) is 1.32. The third-order valence-corrected chi connectivity index (χ3v) is 2.76. The molecule has 0 spiro atoms. The summed E-state index contributed by atoms with van der Waals surface area (Å²) < 4.78 is 0. The number of hydrogen-bond acceptors (Lipinski definition) is 3. The fourth-order valence-electron chi connectivity index (χ4n) is 1.69. The van der Waals surface area contributed by atoms with Crippen LogP contribution in [0.3, 0.4) is 0 Å². The topological polar surface area (TPSA) is 63.4 Å². The Morgan fingerprint density at radius 1 is 1.38 bits per heavy atom. The number of benzene rings is 1. The molecule has 5 heteroatoms. The zero-order valence-electron chi connectivity index (χ0n) is 8.52. The minimum atomic E-state index is -0.600. The number of carbonyl (C=O) groups is 2. The average Bonchev–Trinajstić information content (AvgIpc) is 2.24. The molecule has 2 rings (SSSR count). The lowest BCUT2D eigenvalue weighted by Crippen LogP contribution is -2.51. The number of piperidine rings is 1. The highest BCUT2D eigenvalue weighted by atomic mass is 35.5. The summed E-state index contributed by atoms with van der Waals surface area (Å²) in [5, 5.41) is 0.484. The molecule has 2 amide bonds. The quantitative estimate of drug-likeness (QED) is 0.751. The number of nitrogens with two attached hydrogens (primary N) is 1. The first-order chi connectivity index (χ1) is 7.59. The molecule has 0 aromatic heterocycles. The normalized spacial score (nSPS) is 21.4. The molecular weight excluding hydrogens is 228 g/mol. The van der Waals surface area contributed by atoms with E-state index in [4.69, 9.17) is 17.3 Å². The SMILES string of the molecule is N[C@H]1CCC(=O)N(c2cccc(Cl)c2)C1=O. The van der Waals surface area contributed by atoms with Crippen molar-refractivity contribution >= 4 is 29.1 Å². The van der Waals surface area contributed by atoms with Crippen molar-refractivity contribution in [3.63, 3.8) is 0 Å². The number of rotatable bonds is 1. The Labute approximate surface area is 98.0 Å². The number of hydrogen-bond donors (Lipinski definition) is 1. The van der Waals surface area contributed by atoms with Gasteiger partial charge in [-0.2, -0.15) is 0 Å².